The van der Waals surface area contributed by atoms with Gasteiger partial charge in [-0.15, -0.1) is 11.8 Å². The summed E-state index contributed by atoms with van der Waals surface area (Å²) in [5, 5.41) is 3.63. The smallest absolute Gasteiger partial charge is 0.260 e. The predicted molar refractivity (Wildman–Crippen MR) is 98.3 cm³/mol. The number of carbonyl (C=O) groups is 1. The lowest BCUT2D eigenvalue weighted by molar-refractivity contribution is 0.102. The van der Waals surface area contributed by atoms with Crippen LogP contribution in [0.4, 0.5) is 5.69 Å². The van der Waals surface area contributed by atoms with E-state index in [0.717, 1.165) is 22.8 Å². The topological polar surface area (TPSA) is 64.1 Å². The number of ether oxygens (including phenoxy) is 1. The number of nitrogens with zero attached hydrogens (tertiary/aromatic N) is 2. The number of rotatable bonds is 5. The molecule has 0 saturated carbocycles. The van der Waals surface area contributed by atoms with Gasteiger partial charge in [-0.05, 0) is 43.9 Å². The third kappa shape index (κ3) is 3.87. The Morgan fingerprint density at radius 1 is 1.25 bits per heavy atom. The zero-order valence-corrected chi connectivity index (χ0v) is 15.7. The number of methoxy groups -OCH3 is 1. The molecule has 0 radical (unpaired) electrons. The number of thioether (sulfide) groups is 1. The van der Waals surface area contributed by atoms with Crippen molar-refractivity contribution in [2.24, 2.45) is 0 Å². The van der Waals surface area contributed by atoms with Crippen LogP contribution in [-0.2, 0) is 0 Å². The number of hydrogen-bond acceptors (Lipinski definition) is 5. The average Bonchev–Trinajstić information content (AvgIpc) is 2.53. The molecule has 1 aromatic carbocycles. The minimum atomic E-state index is -0.197. The summed E-state index contributed by atoms with van der Waals surface area (Å²) in [6.07, 6.45) is 1.92. The average molecular weight is 345 g/mol. The fraction of sp³-hybridized carbons (Fsp3) is 0.389. The van der Waals surface area contributed by atoms with Crippen LogP contribution in [0.1, 0.15) is 47.2 Å². The second-order valence-electron chi connectivity index (χ2n) is 5.84. The Kier molecular flexibility index (Phi) is 5.83. The minimum Gasteiger partial charge on any atom is -0.496 e. The fourth-order valence-electron chi connectivity index (χ4n) is 2.38. The van der Waals surface area contributed by atoms with Crippen LogP contribution in [0.15, 0.2) is 23.2 Å². The molecular weight excluding hydrogens is 322 g/mol. The Bertz CT molecular complexity index is 760. The zero-order chi connectivity index (χ0) is 17.9. The van der Waals surface area contributed by atoms with Gasteiger partial charge in [0.05, 0.1) is 18.4 Å². The van der Waals surface area contributed by atoms with Gasteiger partial charge in [-0.1, -0.05) is 13.8 Å². The number of nitrogens with one attached hydrogen (secondary N) is 1. The van der Waals surface area contributed by atoms with Crippen molar-refractivity contribution in [1.82, 2.24) is 9.97 Å². The number of carbonyl (C=O) groups excluding carboxylic acids is 1. The molecule has 0 atom stereocenters. The van der Waals surface area contributed by atoms with Gasteiger partial charge in [0.2, 0.25) is 0 Å². The Labute approximate surface area is 147 Å². The maximum absolute atomic E-state index is 12.7. The maximum Gasteiger partial charge on any atom is 0.260 e. The van der Waals surface area contributed by atoms with Gasteiger partial charge in [-0.3, -0.25) is 4.79 Å². The number of hydrogen-bond donors (Lipinski definition) is 1. The van der Waals surface area contributed by atoms with E-state index in [1.54, 1.807) is 7.11 Å². The predicted octanol–water partition coefficient (Wildman–Crippen LogP) is 4.20. The Hall–Kier alpha value is -2.08. The van der Waals surface area contributed by atoms with Gasteiger partial charge in [0.1, 0.15) is 16.6 Å². The van der Waals surface area contributed by atoms with E-state index >= 15 is 0 Å². The quantitative estimate of drug-likeness (QED) is 0.650. The monoisotopic (exact) mass is 345 g/mol. The highest BCUT2D eigenvalue weighted by Gasteiger charge is 2.19. The first-order valence-electron chi connectivity index (χ1n) is 7.75. The number of aryl methyl sites for hydroxylation is 2. The van der Waals surface area contributed by atoms with Gasteiger partial charge in [-0.25, -0.2) is 9.97 Å². The molecule has 0 aliphatic carbocycles. The molecule has 0 spiro atoms. The van der Waals surface area contributed by atoms with Crippen LogP contribution in [0.2, 0.25) is 0 Å². The van der Waals surface area contributed by atoms with Crippen LogP contribution < -0.4 is 10.1 Å². The summed E-state index contributed by atoms with van der Waals surface area (Å²) in [4.78, 5) is 21.7. The van der Waals surface area contributed by atoms with E-state index in [2.05, 4.69) is 15.3 Å². The van der Waals surface area contributed by atoms with Crippen molar-refractivity contribution in [2.45, 2.75) is 38.6 Å². The van der Waals surface area contributed by atoms with E-state index in [4.69, 9.17) is 4.74 Å². The molecule has 0 aliphatic heterocycles. The summed E-state index contributed by atoms with van der Waals surface area (Å²) in [5.74, 6) is 1.57. The standard InChI is InChI=1S/C18H23N3O2S/c1-10(2)16-19-12(4)15(18(21-16)24-6)17(22)20-13-7-8-14(23-5)11(3)9-13/h7-10H,1-6H3,(H,20,22). The van der Waals surface area contributed by atoms with E-state index < -0.39 is 0 Å². The second-order valence-corrected chi connectivity index (χ2v) is 6.64. The molecule has 128 valence electrons. The third-order valence-electron chi connectivity index (χ3n) is 3.66. The van der Waals surface area contributed by atoms with Crippen molar-refractivity contribution in [1.29, 1.82) is 0 Å². The third-order valence-corrected chi connectivity index (χ3v) is 4.35. The van der Waals surface area contributed by atoms with E-state index in [9.17, 15) is 4.79 Å². The van der Waals surface area contributed by atoms with Gasteiger partial charge < -0.3 is 10.1 Å². The Balaban J connectivity index is 2.34. The molecule has 1 aromatic heterocycles. The van der Waals surface area contributed by atoms with Crippen LogP contribution in [0.5, 0.6) is 5.75 Å². The molecule has 0 bridgehead atoms. The lowest BCUT2D eigenvalue weighted by Gasteiger charge is -2.14. The number of benzene rings is 1. The van der Waals surface area contributed by atoms with Crippen LogP contribution >= 0.6 is 11.8 Å². The molecular formula is C18H23N3O2S. The van der Waals surface area contributed by atoms with Crippen molar-refractivity contribution in [3.05, 3.63) is 40.8 Å². The molecule has 2 aromatic rings. The van der Waals surface area contributed by atoms with Crippen LogP contribution in [-0.4, -0.2) is 29.2 Å². The Morgan fingerprint density at radius 2 is 1.96 bits per heavy atom. The van der Waals surface area contributed by atoms with Crippen LogP contribution in [0.25, 0.3) is 0 Å². The number of anilines is 1. The van der Waals surface area contributed by atoms with Gasteiger partial charge in [0, 0.05) is 11.6 Å². The highest BCUT2D eigenvalue weighted by molar-refractivity contribution is 7.98. The molecule has 1 N–H and O–H groups in total. The minimum absolute atomic E-state index is 0.197. The molecule has 5 nitrogen and oxygen atoms in total. The summed E-state index contributed by atoms with van der Waals surface area (Å²) in [5.41, 5.74) is 2.90. The van der Waals surface area contributed by atoms with E-state index in [1.165, 1.54) is 11.8 Å². The lowest BCUT2D eigenvalue weighted by atomic mass is 10.1. The summed E-state index contributed by atoms with van der Waals surface area (Å²) < 4.78 is 5.24. The summed E-state index contributed by atoms with van der Waals surface area (Å²) >= 11 is 1.46. The second kappa shape index (κ2) is 7.66. The summed E-state index contributed by atoms with van der Waals surface area (Å²) in [6, 6.07) is 5.54. The van der Waals surface area contributed by atoms with Crippen molar-refractivity contribution in [3.63, 3.8) is 0 Å². The van der Waals surface area contributed by atoms with E-state index in [1.807, 2.05) is 52.1 Å². The molecule has 2 rings (SSSR count). The van der Waals surface area contributed by atoms with Gasteiger partial charge in [-0.2, -0.15) is 0 Å². The first kappa shape index (κ1) is 18.3. The molecule has 0 saturated heterocycles. The highest BCUT2D eigenvalue weighted by Crippen LogP contribution is 2.26. The highest BCUT2D eigenvalue weighted by atomic mass is 32.2. The SMILES string of the molecule is COc1ccc(NC(=O)c2c(C)nc(C(C)C)nc2SC)cc1C. The van der Waals surface area contributed by atoms with Crippen molar-refractivity contribution < 1.29 is 9.53 Å². The van der Waals surface area contributed by atoms with E-state index in [0.29, 0.717) is 16.3 Å². The molecule has 0 unspecified atom stereocenters. The normalized spacial score (nSPS) is 10.8. The lowest BCUT2D eigenvalue weighted by Crippen LogP contribution is -2.18. The largest absolute Gasteiger partial charge is 0.496 e. The van der Waals surface area contributed by atoms with Crippen LogP contribution in [0, 0.1) is 13.8 Å². The van der Waals surface area contributed by atoms with Gasteiger partial charge >= 0.3 is 0 Å². The Morgan fingerprint density at radius 3 is 2.50 bits per heavy atom. The fourth-order valence-corrected chi connectivity index (χ4v) is 3.01. The molecule has 6 heteroatoms. The molecule has 0 fully saturated rings. The molecule has 0 aliphatic rings. The van der Waals surface area contributed by atoms with Crippen molar-refractivity contribution >= 4 is 23.4 Å². The van der Waals surface area contributed by atoms with Crippen molar-refractivity contribution in [2.75, 3.05) is 18.7 Å². The van der Waals surface area contributed by atoms with Gasteiger partial charge in [0.25, 0.3) is 5.91 Å². The first-order valence-corrected chi connectivity index (χ1v) is 8.98. The summed E-state index contributed by atoms with van der Waals surface area (Å²) in [7, 11) is 1.63. The number of aromatic nitrogens is 2. The van der Waals surface area contributed by atoms with Gasteiger partial charge in [0.15, 0.2) is 0 Å². The zero-order valence-electron chi connectivity index (χ0n) is 14.9. The summed E-state index contributed by atoms with van der Waals surface area (Å²) in [6.45, 7) is 7.87. The first-order chi connectivity index (χ1) is 11.4. The van der Waals surface area contributed by atoms with Crippen LogP contribution in [0.3, 0.4) is 0 Å². The number of amides is 1. The molecule has 24 heavy (non-hydrogen) atoms. The van der Waals surface area contributed by atoms with Crippen molar-refractivity contribution in [3.8, 4) is 5.75 Å². The van der Waals surface area contributed by atoms with E-state index in [-0.39, 0.29) is 11.8 Å². The molecule has 1 amide bonds. The maximum atomic E-state index is 12.7. The molecule has 1 heterocycles.